The zero-order valence-electron chi connectivity index (χ0n) is 13.1. The minimum absolute atomic E-state index is 0.00910. The second kappa shape index (κ2) is 6.02. The monoisotopic (exact) mass is 303 g/mol. The van der Waals surface area contributed by atoms with Crippen molar-refractivity contribution in [1.29, 1.82) is 0 Å². The molecule has 1 aliphatic heterocycles. The van der Waals surface area contributed by atoms with Crippen LogP contribution >= 0.6 is 0 Å². The molecule has 7 heteroatoms. The minimum atomic E-state index is -0.132. The van der Waals surface area contributed by atoms with Gasteiger partial charge in [-0.1, -0.05) is 0 Å². The predicted molar refractivity (Wildman–Crippen MR) is 81.9 cm³/mol. The van der Waals surface area contributed by atoms with Crippen LogP contribution in [-0.4, -0.2) is 64.3 Å². The van der Waals surface area contributed by atoms with Gasteiger partial charge in [-0.2, -0.15) is 5.10 Å². The van der Waals surface area contributed by atoms with E-state index in [4.69, 9.17) is 4.74 Å². The van der Waals surface area contributed by atoms with Crippen LogP contribution < -0.4 is 5.32 Å². The Bertz CT molecular complexity index is 684. The Hall–Kier alpha value is -1.99. The molecule has 1 amide bonds. The Morgan fingerprint density at radius 3 is 3.09 bits per heavy atom. The van der Waals surface area contributed by atoms with E-state index in [2.05, 4.69) is 20.3 Å². The third-order valence-electron chi connectivity index (χ3n) is 4.05. The lowest BCUT2D eigenvalue weighted by Crippen LogP contribution is -2.44. The largest absolute Gasteiger partial charge is 0.375 e. The highest BCUT2D eigenvalue weighted by Gasteiger charge is 2.33. The van der Waals surface area contributed by atoms with Crippen LogP contribution in [-0.2, 0) is 4.74 Å². The van der Waals surface area contributed by atoms with Gasteiger partial charge >= 0.3 is 0 Å². The van der Waals surface area contributed by atoms with Gasteiger partial charge in [0.2, 0.25) is 0 Å². The molecule has 2 aromatic heterocycles. The van der Waals surface area contributed by atoms with Crippen LogP contribution in [0.3, 0.4) is 0 Å². The lowest BCUT2D eigenvalue weighted by Gasteiger charge is -2.20. The molecule has 0 bridgehead atoms. The van der Waals surface area contributed by atoms with Crippen molar-refractivity contribution in [3.63, 3.8) is 0 Å². The summed E-state index contributed by atoms with van der Waals surface area (Å²) in [5, 5.41) is 7.26. The van der Waals surface area contributed by atoms with Crippen molar-refractivity contribution in [2.75, 3.05) is 26.7 Å². The first-order valence-electron chi connectivity index (χ1n) is 7.50. The number of nitrogens with one attached hydrogen (secondary N) is 1. The molecule has 0 unspecified atom stereocenters. The SMILES string of the molecule is CCO[C@H]1CN(C)C[C@@H]1NC(=O)c1cnc2ccnn2c1C. The third-order valence-corrected chi connectivity index (χ3v) is 4.05. The zero-order chi connectivity index (χ0) is 15.7. The summed E-state index contributed by atoms with van der Waals surface area (Å²) in [5.74, 6) is -0.132. The normalized spacial score (nSPS) is 22.3. The molecule has 1 aliphatic rings. The van der Waals surface area contributed by atoms with Crippen molar-refractivity contribution >= 4 is 11.6 Å². The fourth-order valence-electron chi connectivity index (χ4n) is 2.94. The van der Waals surface area contributed by atoms with Gasteiger partial charge in [-0.25, -0.2) is 9.50 Å². The predicted octanol–water partition coefficient (Wildman–Crippen LogP) is 0.487. The summed E-state index contributed by atoms with van der Waals surface area (Å²) >= 11 is 0. The summed E-state index contributed by atoms with van der Waals surface area (Å²) in [6, 6.07) is 1.80. The van der Waals surface area contributed by atoms with E-state index in [-0.39, 0.29) is 18.1 Å². The van der Waals surface area contributed by atoms with Crippen LogP contribution in [0.2, 0.25) is 0 Å². The van der Waals surface area contributed by atoms with Crippen LogP contribution in [0.1, 0.15) is 23.0 Å². The maximum atomic E-state index is 12.6. The Morgan fingerprint density at radius 2 is 2.32 bits per heavy atom. The van der Waals surface area contributed by atoms with Crippen molar-refractivity contribution < 1.29 is 9.53 Å². The number of ether oxygens (including phenoxy) is 1. The smallest absolute Gasteiger partial charge is 0.255 e. The lowest BCUT2D eigenvalue weighted by atomic mass is 10.1. The van der Waals surface area contributed by atoms with E-state index in [1.54, 1.807) is 16.9 Å². The molecule has 0 radical (unpaired) electrons. The number of nitrogens with zero attached hydrogens (tertiary/aromatic N) is 4. The fourth-order valence-corrected chi connectivity index (χ4v) is 2.94. The molecule has 2 atom stereocenters. The van der Waals surface area contributed by atoms with E-state index in [0.717, 1.165) is 24.4 Å². The number of hydrogen-bond donors (Lipinski definition) is 1. The molecule has 0 aliphatic carbocycles. The molecule has 0 saturated carbocycles. The van der Waals surface area contributed by atoms with Crippen molar-refractivity contribution in [2.45, 2.75) is 26.0 Å². The van der Waals surface area contributed by atoms with Crippen LogP contribution in [0, 0.1) is 6.92 Å². The van der Waals surface area contributed by atoms with Gasteiger partial charge in [0.1, 0.15) is 0 Å². The van der Waals surface area contributed by atoms with Gasteiger partial charge in [0.15, 0.2) is 5.65 Å². The van der Waals surface area contributed by atoms with Gasteiger partial charge in [-0.3, -0.25) is 4.79 Å². The number of rotatable bonds is 4. The van der Waals surface area contributed by atoms with Crippen molar-refractivity contribution in [2.24, 2.45) is 0 Å². The number of aromatic nitrogens is 3. The summed E-state index contributed by atoms with van der Waals surface area (Å²) in [6.45, 7) is 6.10. The molecular formula is C15H21N5O2. The molecule has 0 spiro atoms. The maximum Gasteiger partial charge on any atom is 0.255 e. The molecule has 2 aromatic rings. The highest BCUT2D eigenvalue weighted by molar-refractivity contribution is 5.95. The Balaban J connectivity index is 1.79. The van der Waals surface area contributed by atoms with E-state index in [9.17, 15) is 4.79 Å². The summed E-state index contributed by atoms with van der Waals surface area (Å²) in [5.41, 5.74) is 2.06. The van der Waals surface area contributed by atoms with E-state index < -0.39 is 0 Å². The van der Waals surface area contributed by atoms with Crippen LogP contribution in [0.15, 0.2) is 18.5 Å². The molecule has 3 rings (SSSR count). The topological polar surface area (TPSA) is 71.8 Å². The number of amides is 1. The molecule has 1 saturated heterocycles. The van der Waals surface area contributed by atoms with Gasteiger partial charge in [0, 0.05) is 32.0 Å². The van der Waals surface area contributed by atoms with Crippen LogP contribution in [0.4, 0.5) is 0 Å². The molecule has 7 nitrogen and oxygen atoms in total. The number of hydrogen-bond acceptors (Lipinski definition) is 5. The zero-order valence-corrected chi connectivity index (χ0v) is 13.1. The number of carbonyl (C=O) groups excluding carboxylic acids is 1. The van der Waals surface area contributed by atoms with Crippen LogP contribution in [0.25, 0.3) is 5.65 Å². The molecule has 118 valence electrons. The molecular weight excluding hydrogens is 282 g/mol. The van der Waals surface area contributed by atoms with Crippen molar-refractivity contribution in [3.8, 4) is 0 Å². The first-order valence-corrected chi connectivity index (χ1v) is 7.50. The first-order chi connectivity index (χ1) is 10.6. The number of likely N-dealkylation sites (tertiary alicyclic amines) is 1. The van der Waals surface area contributed by atoms with Gasteiger partial charge in [-0.15, -0.1) is 0 Å². The fraction of sp³-hybridized carbons (Fsp3) is 0.533. The highest BCUT2D eigenvalue weighted by atomic mass is 16.5. The Morgan fingerprint density at radius 1 is 1.50 bits per heavy atom. The van der Waals surface area contributed by atoms with Crippen molar-refractivity contribution in [1.82, 2.24) is 24.8 Å². The Labute approximate surface area is 129 Å². The molecule has 1 fully saturated rings. The first kappa shape index (κ1) is 14.9. The van der Waals surface area contributed by atoms with Gasteiger partial charge in [-0.05, 0) is 20.9 Å². The Kier molecular flexibility index (Phi) is 4.08. The van der Waals surface area contributed by atoms with Gasteiger partial charge < -0.3 is 15.0 Å². The summed E-state index contributed by atoms with van der Waals surface area (Å²) in [7, 11) is 2.03. The second-order valence-corrected chi connectivity index (χ2v) is 5.65. The van der Waals surface area contributed by atoms with E-state index >= 15 is 0 Å². The average Bonchev–Trinajstić information content (AvgIpc) is 3.07. The number of carbonyl (C=O) groups is 1. The second-order valence-electron chi connectivity index (χ2n) is 5.65. The van der Waals surface area contributed by atoms with E-state index in [0.29, 0.717) is 12.2 Å². The standard InChI is InChI=1S/C15H21N5O2/c1-4-22-13-9-19(3)8-12(13)18-15(21)11-7-16-14-5-6-17-20(14)10(11)2/h5-7,12-13H,4,8-9H2,1-3H3,(H,18,21)/t12-,13-/m0/s1. The van der Waals surface area contributed by atoms with E-state index in [1.807, 2.05) is 27.0 Å². The molecule has 0 aromatic carbocycles. The van der Waals surface area contributed by atoms with Crippen molar-refractivity contribution in [3.05, 3.63) is 29.7 Å². The number of fused-ring (bicyclic) bond motifs is 1. The molecule has 3 heterocycles. The maximum absolute atomic E-state index is 12.6. The number of aryl methyl sites for hydroxylation is 1. The van der Waals surface area contributed by atoms with Crippen LogP contribution in [0.5, 0.6) is 0 Å². The number of likely N-dealkylation sites (N-methyl/N-ethyl adjacent to an activating group) is 1. The summed E-state index contributed by atoms with van der Waals surface area (Å²) < 4.78 is 7.40. The molecule has 1 N–H and O–H groups in total. The van der Waals surface area contributed by atoms with E-state index in [1.165, 1.54) is 0 Å². The molecule has 22 heavy (non-hydrogen) atoms. The van der Waals surface area contributed by atoms with Gasteiger partial charge in [0.25, 0.3) is 5.91 Å². The third kappa shape index (κ3) is 2.69. The average molecular weight is 303 g/mol. The quantitative estimate of drug-likeness (QED) is 0.890. The highest BCUT2D eigenvalue weighted by Crippen LogP contribution is 2.14. The minimum Gasteiger partial charge on any atom is -0.375 e. The lowest BCUT2D eigenvalue weighted by molar-refractivity contribution is 0.0513. The summed E-state index contributed by atoms with van der Waals surface area (Å²) in [4.78, 5) is 19.0. The summed E-state index contributed by atoms with van der Waals surface area (Å²) in [6.07, 6.45) is 3.31. The van der Waals surface area contributed by atoms with Gasteiger partial charge in [0.05, 0.1) is 29.6 Å².